The molecule has 1 aromatic heterocycles. The molecule has 2 N–H and O–H groups in total. The van der Waals surface area contributed by atoms with Crippen LogP contribution >= 0.6 is 0 Å². The highest BCUT2D eigenvalue weighted by molar-refractivity contribution is 5.84. The molecule has 3 rings (SSSR count). The normalized spacial score (nSPS) is 11.1. The Labute approximate surface area is 161 Å². The predicted molar refractivity (Wildman–Crippen MR) is 109 cm³/mol. The van der Waals surface area contributed by atoms with E-state index >= 15 is 0 Å². The number of hydrogen-bond acceptors (Lipinski definition) is 5. The predicted octanol–water partition coefficient (Wildman–Crippen LogP) is 3.00. The summed E-state index contributed by atoms with van der Waals surface area (Å²) >= 11 is 0. The molecule has 0 aliphatic carbocycles. The van der Waals surface area contributed by atoms with Gasteiger partial charge in [-0.3, -0.25) is 14.8 Å². The molecule has 0 saturated heterocycles. The molecule has 2 aromatic carbocycles. The Kier molecular flexibility index (Phi) is 5.44. The molecule has 0 radical (unpaired) electrons. The fourth-order valence-electron chi connectivity index (χ4n) is 2.91. The minimum absolute atomic E-state index is 0.104. The van der Waals surface area contributed by atoms with Gasteiger partial charge in [-0.25, -0.2) is 9.36 Å². The third kappa shape index (κ3) is 4.03. The fourth-order valence-corrected chi connectivity index (χ4v) is 2.91. The molecule has 0 fully saturated rings. The molecular formula is C21H21N3O4. The van der Waals surface area contributed by atoms with Crippen molar-refractivity contribution >= 4 is 11.9 Å². The highest BCUT2D eigenvalue weighted by atomic mass is 16.5. The van der Waals surface area contributed by atoms with Crippen LogP contribution in [0.2, 0.25) is 0 Å². The van der Waals surface area contributed by atoms with Crippen LogP contribution in [0.4, 0.5) is 5.69 Å². The minimum atomic E-state index is -0.717. The molecule has 0 saturated carbocycles. The molecule has 7 nitrogen and oxygen atoms in total. The van der Waals surface area contributed by atoms with E-state index in [1.54, 1.807) is 36.4 Å². The van der Waals surface area contributed by atoms with Gasteiger partial charge in [-0.1, -0.05) is 6.07 Å². The van der Waals surface area contributed by atoms with Crippen LogP contribution in [0, 0.1) is 13.8 Å². The number of aromatic nitrogens is 2. The van der Waals surface area contributed by atoms with E-state index in [1.807, 2.05) is 26.8 Å². The van der Waals surface area contributed by atoms with Gasteiger partial charge in [0.05, 0.1) is 18.0 Å². The molecule has 28 heavy (non-hydrogen) atoms. The summed E-state index contributed by atoms with van der Waals surface area (Å²) in [6.07, 6.45) is 1.24. The van der Waals surface area contributed by atoms with Crippen LogP contribution in [0.3, 0.4) is 0 Å². The third-order valence-electron chi connectivity index (χ3n) is 4.08. The van der Waals surface area contributed by atoms with Crippen LogP contribution in [0.25, 0.3) is 5.69 Å². The maximum Gasteiger partial charge on any atom is 0.335 e. The van der Waals surface area contributed by atoms with E-state index in [2.05, 4.69) is 9.98 Å². The Hall–Kier alpha value is -3.61. The van der Waals surface area contributed by atoms with Gasteiger partial charge in [0.15, 0.2) is 0 Å². The smallest absolute Gasteiger partial charge is 0.335 e. The quantitative estimate of drug-likeness (QED) is 0.666. The highest BCUT2D eigenvalue weighted by Crippen LogP contribution is 2.20. The minimum Gasteiger partial charge on any atom is -0.494 e. The number of rotatable bonds is 5. The summed E-state index contributed by atoms with van der Waals surface area (Å²) in [5.41, 5.74) is 1.36. The van der Waals surface area contributed by atoms with Crippen molar-refractivity contribution in [1.82, 2.24) is 9.55 Å². The van der Waals surface area contributed by atoms with Gasteiger partial charge in [-0.15, -0.1) is 0 Å². The van der Waals surface area contributed by atoms with E-state index in [0.717, 1.165) is 15.7 Å². The van der Waals surface area contributed by atoms with Crippen molar-refractivity contribution in [2.45, 2.75) is 20.8 Å². The Balaban J connectivity index is 2.04. The highest BCUT2D eigenvalue weighted by Gasteiger charge is 2.14. The number of aromatic hydroxyl groups is 1. The van der Waals surface area contributed by atoms with Gasteiger partial charge in [0.1, 0.15) is 11.3 Å². The van der Waals surface area contributed by atoms with E-state index in [-0.39, 0.29) is 5.56 Å². The molecule has 1 heterocycles. The zero-order valence-corrected chi connectivity index (χ0v) is 15.9. The van der Waals surface area contributed by atoms with Gasteiger partial charge in [-0.05, 0) is 68.3 Å². The lowest BCUT2D eigenvalue weighted by atomic mass is 10.1. The number of H-pyrrole nitrogens is 1. The van der Waals surface area contributed by atoms with Crippen molar-refractivity contribution in [2.75, 3.05) is 6.61 Å². The Morgan fingerprint density at radius 3 is 2.36 bits per heavy atom. The van der Waals surface area contributed by atoms with Crippen molar-refractivity contribution in [2.24, 2.45) is 4.99 Å². The summed E-state index contributed by atoms with van der Waals surface area (Å²) < 4.78 is 6.43. The Morgan fingerprint density at radius 1 is 1.11 bits per heavy atom. The lowest BCUT2D eigenvalue weighted by Crippen LogP contribution is -2.31. The topological polar surface area (TPSA) is 96.7 Å². The third-order valence-corrected chi connectivity index (χ3v) is 4.08. The van der Waals surface area contributed by atoms with Crippen LogP contribution in [-0.4, -0.2) is 27.5 Å². The van der Waals surface area contributed by atoms with Crippen LogP contribution in [0.1, 0.15) is 23.6 Å². The van der Waals surface area contributed by atoms with Gasteiger partial charge >= 0.3 is 5.69 Å². The average molecular weight is 379 g/mol. The number of ether oxygens (including phenoxy) is 1. The number of nitrogens with one attached hydrogen (secondary N) is 1. The Bertz CT molecular complexity index is 1120. The van der Waals surface area contributed by atoms with E-state index < -0.39 is 17.1 Å². The van der Waals surface area contributed by atoms with Crippen molar-refractivity contribution in [1.29, 1.82) is 0 Å². The van der Waals surface area contributed by atoms with E-state index in [4.69, 9.17) is 4.74 Å². The molecule has 3 aromatic rings. The number of nitrogens with zero attached hydrogens (tertiary/aromatic N) is 2. The molecular weight excluding hydrogens is 358 g/mol. The fraction of sp³-hybridized carbons (Fsp3) is 0.190. The van der Waals surface area contributed by atoms with Gasteiger partial charge in [-0.2, -0.15) is 0 Å². The number of benzene rings is 2. The summed E-state index contributed by atoms with van der Waals surface area (Å²) in [5, 5.41) is 10.6. The lowest BCUT2D eigenvalue weighted by molar-refractivity contribution is 0.340. The monoisotopic (exact) mass is 379 g/mol. The van der Waals surface area contributed by atoms with Crippen LogP contribution < -0.4 is 16.0 Å². The molecule has 0 unspecified atom stereocenters. The first-order chi connectivity index (χ1) is 13.4. The number of hydrogen-bond donors (Lipinski definition) is 2. The molecule has 0 aliphatic heterocycles. The summed E-state index contributed by atoms with van der Waals surface area (Å²) in [5.74, 6) is 0.249. The molecule has 0 atom stereocenters. The van der Waals surface area contributed by atoms with Gasteiger partial charge in [0.25, 0.3) is 5.56 Å². The first-order valence-electron chi connectivity index (χ1n) is 8.83. The van der Waals surface area contributed by atoms with Crippen LogP contribution in [0.15, 0.2) is 57.0 Å². The van der Waals surface area contributed by atoms with E-state index in [0.29, 0.717) is 23.7 Å². The van der Waals surface area contributed by atoms with Crippen molar-refractivity contribution in [3.63, 3.8) is 0 Å². The second-order valence-corrected chi connectivity index (χ2v) is 6.36. The maximum atomic E-state index is 12.3. The molecule has 7 heteroatoms. The lowest BCUT2D eigenvalue weighted by Gasteiger charge is -2.11. The Morgan fingerprint density at radius 2 is 1.75 bits per heavy atom. The maximum absolute atomic E-state index is 12.3. The van der Waals surface area contributed by atoms with Gasteiger partial charge in [0.2, 0.25) is 5.88 Å². The SMILES string of the molecule is CCOc1ccc(N=Cc2c(O)n(-c3cc(C)cc(C)c3)c(=O)[nH]c2=O)cc1. The van der Waals surface area contributed by atoms with E-state index in [9.17, 15) is 14.7 Å². The number of aromatic amines is 1. The summed E-state index contributed by atoms with van der Waals surface area (Å²) in [6, 6.07) is 12.4. The van der Waals surface area contributed by atoms with Crippen molar-refractivity contribution < 1.29 is 9.84 Å². The largest absolute Gasteiger partial charge is 0.494 e. The van der Waals surface area contributed by atoms with E-state index in [1.165, 1.54) is 6.21 Å². The first kappa shape index (κ1) is 19.2. The molecule has 0 bridgehead atoms. The summed E-state index contributed by atoms with van der Waals surface area (Å²) in [7, 11) is 0. The van der Waals surface area contributed by atoms with Crippen molar-refractivity contribution in [3.8, 4) is 17.3 Å². The second-order valence-electron chi connectivity index (χ2n) is 6.36. The van der Waals surface area contributed by atoms with Crippen molar-refractivity contribution in [3.05, 3.63) is 80.0 Å². The molecule has 0 aliphatic rings. The van der Waals surface area contributed by atoms with Crippen LogP contribution in [0.5, 0.6) is 11.6 Å². The average Bonchev–Trinajstić information content (AvgIpc) is 2.62. The van der Waals surface area contributed by atoms with Gasteiger partial charge < -0.3 is 9.84 Å². The first-order valence-corrected chi connectivity index (χ1v) is 8.83. The molecule has 144 valence electrons. The van der Waals surface area contributed by atoms with Gasteiger partial charge in [0, 0.05) is 6.21 Å². The summed E-state index contributed by atoms with van der Waals surface area (Å²) in [4.78, 5) is 30.9. The number of aliphatic imine (C=N–C) groups is 1. The second kappa shape index (κ2) is 7.96. The zero-order chi connectivity index (χ0) is 20.3. The summed E-state index contributed by atoms with van der Waals surface area (Å²) in [6.45, 7) is 6.23. The van der Waals surface area contributed by atoms with Crippen LogP contribution in [-0.2, 0) is 0 Å². The number of aryl methyl sites for hydroxylation is 2. The molecule has 0 amide bonds. The molecule has 0 spiro atoms. The zero-order valence-electron chi connectivity index (χ0n) is 15.9. The standard InChI is InChI=1S/C21H21N3O4/c1-4-28-17-7-5-15(6-8-17)22-12-18-19(25)23-21(27)24(20(18)26)16-10-13(2)9-14(3)11-16/h5-12,26H,4H2,1-3H3,(H,23,25,27).